The van der Waals surface area contributed by atoms with Crippen LogP contribution in [-0.4, -0.2) is 46.2 Å². The maximum absolute atomic E-state index is 13.2. The molecule has 1 aliphatic rings. The molecule has 136 valence electrons. The van der Waals surface area contributed by atoms with Gasteiger partial charge in [0.15, 0.2) is 0 Å². The fourth-order valence-electron chi connectivity index (χ4n) is 3.65. The van der Waals surface area contributed by atoms with Crippen molar-refractivity contribution in [1.29, 1.82) is 0 Å². The van der Waals surface area contributed by atoms with Crippen molar-refractivity contribution < 1.29 is 9.90 Å². The lowest BCUT2D eigenvalue weighted by Gasteiger charge is -2.19. The van der Waals surface area contributed by atoms with Crippen LogP contribution in [0.4, 0.5) is 0 Å². The van der Waals surface area contributed by atoms with Crippen molar-refractivity contribution in [2.75, 3.05) is 20.6 Å². The molecule has 0 fully saturated rings. The van der Waals surface area contributed by atoms with Gasteiger partial charge in [0.05, 0.1) is 11.3 Å². The molecule has 25 heavy (non-hydrogen) atoms. The number of fused-ring (bicyclic) bond motifs is 3. The molecule has 1 unspecified atom stereocenters. The van der Waals surface area contributed by atoms with E-state index in [1.165, 1.54) is 11.3 Å². The Kier molecular flexibility index (Phi) is 5.24. The highest BCUT2D eigenvalue weighted by Gasteiger charge is 2.32. The molecule has 0 saturated heterocycles. The molecule has 0 spiro atoms. The second-order valence-electron chi connectivity index (χ2n) is 6.90. The van der Waals surface area contributed by atoms with Gasteiger partial charge in [0.1, 0.15) is 10.7 Å². The van der Waals surface area contributed by atoms with Crippen LogP contribution in [-0.2, 0) is 24.2 Å². The molecule has 0 amide bonds. The fraction of sp³-hybridized carbons (Fsp3) is 0.611. The van der Waals surface area contributed by atoms with E-state index in [4.69, 9.17) is 4.98 Å². The largest absolute Gasteiger partial charge is 0.481 e. The van der Waals surface area contributed by atoms with E-state index in [2.05, 4.69) is 4.90 Å². The summed E-state index contributed by atoms with van der Waals surface area (Å²) in [6.45, 7) is 3.52. The number of thiophene rings is 1. The first-order valence-electron chi connectivity index (χ1n) is 8.86. The summed E-state index contributed by atoms with van der Waals surface area (Å²) in [6, 6.07) is 0. The van der Waals surface area contributed by atoms with Gasteiger partial charge in [-0.15, -0.1) is 11.3 Å². The van der Waals surface area contributed by atoms with E-state index >= 15 is 0 Å². The monoisotopic (exact) mass is 363 g/mol. The van der Waals surface area contributed by atoms with Crippen LogP contribution < -0.4 is 5.56 Å². The molecule has 0 saturated carbocycles. The van der Waals surface area contributed by atoms with Gasteiger partial charge >= 0.3 is 5.97 Å². The average Bonchev–Trinajstić information content (AvgIpc) is 2.94. The third-order valence-corrected chi connectivity index (χ3v) is 6.01. The molecule has 0 aromatic carbocycles. The maximum Gasteiger partial charge on any atom is 0.311 e. The Morgan fingerprint density at radius 1 is 1.44 bits per heavy atom. The number of aromatic nitrogens is 2. The Labute approximate surface area is 151 Å². The zero-order chi connectivity index (χ0) is 18.1. The molecule has 2 aromatic heterocycles. The van der Waals surface area contributed by atoms with Crippen LogP contribution in [0.1, 0.15) is 48.4 Å². The first-order valence-corrected chi connectivity index (χ1v) is 9.68. The van der Waals surface area contributed by atoms with E-state index in [0.717, 1.165) is 42.1 Å². The summed E-state index contributed by atoms with van der Waals surface area (Å²) in [7, 11) is 4.02. The zero-order valence-corrected chi connectivity index (χ0v) is 15.9. The minimum absolute atomic E-state index is 0.0637. The number of aliphatic carboxylic acids is 1. The standard InChI is InChI=1S/C18H25N3O3S/c1-4-13-19-16-15(17(22)21(13)10-6-9-20(2)3)14-11(18(23)24)7-5-8-12(14)25-16/h11H,4-10H2,1-3H3,(H,23,24). The van der Waals surface area contributed by atoms with Crippen LogP contribution >= 0.6 is 11.3 Å². The number of carboxylic acid groups (broad SMARTS) is 1. The number of nitrogens with zero attached hydrogens (tertiary/aromatic N) is 3. The Morgan fingerprint density at radius 3 is 2.84 bits per heavy atom. The minimum Gasteiger partial charge on any atom is -0.481 e. The van der Waals surface area contributed by atoms with Crippen molar-refractivity contribution in [3.63, 3.8) is 0 Å². The molecule has 1 atom stereocenters. The highest BCUT2D eigenvalue weighted by molar-refractivity contribution is 7.18. The van der Waals surface area contributed by atoms with Gasteiger partial charge in [-0.25, -0.2) is 4.98 Å². The van der Waals surface area contributed by atoms with E-state index in [0.29, 0.717) is 29.6 Å². The summed E-state index contributed by atoms with van der Waals surface area (Å²) in [4.78, 5) is 33.5. The second-order valence-corrected chi connectivity index (χ2v) is 7.98. The lowest BCUT2D eigenvalue weighted by molar-refractivity contribution is -0.139. The van der Waals surface area contributed by atoms with Crippen LogP contribution in [0.5, 0.6) is 0 Å². The van der Waals surface area contributed by atoms with Crippen LogP contribution in [0.2, 0.25) is 0 Å². The van der Waals surface area contributed by atoms with Crippen LogP contribution in [0.3, 0.4) is 0 Å². The highest BCUT2D eigenvalue weighted by Crippen LogP contribution is 2.40. The molecule has 1 aliphatic carbocycles. The molecule has 3 rings (SSSR count). The molecule has 0 aliphatic heterocycles. The van der Waals surface area contributed by atoms with Gasteiger partial charge in [0.2, 0.25) is 0 Å². The molecule has 2 heterocycles. The molecular formula is C18H25N3O3S. The molecule has 0 radical (unpaired) electrons. The number of hydrogen-bond acceptors (Lipinski definition) is 5. The molecular weight excluding hydrogens is 338 g/mol. The smallest absolute Gasteiger partial charge is 0.311 e. The number of carbonyl (C=O) groups is 1. The van der Waals surface area contributed by atoms with Crippen LogP contribution in [0, 0.1) is 0 Å². The molecule has 6 nitrogen and oxygen atoms in total. The Bertz CT molecular complexity index is 853. The minimum atomic E-state index is -0.834. The molecule has 7 heteroatoms. The van der Waals surface area contributed by atoms with Gasteiger partial charge in [-0.05, 0) is 51.9 Å². The predicted octanol–water partition coefficient (Wildman–Crippen LogP) is 2.48. The molecule has 0 bridgehead atoms. The highest BCUT2D eigenvalue weighted by atomic mass is 32.1. The van der Waals surface area contributed by atoms with E-state index in [1.807, 2.05) is 21.0 Å². The van der Waals surface area contributed by atoms with Gasteiger partial charge < -0.3 is 10.0 Å². The van der Waals surface area contributed by atoms with Crippen molar-refractivity contribution in [3.8, 4) is 0 Å². The average molecular weight is 363 g/mol. The second kappa shape index (κ2) is 7.25. The summed E-state index contributed by atoms with van der Waals surface area (Å²) in [5.41, 5.74) is 0.673. The number of hydrogen-bond donors (Lipinski definition) is 1. The first-order chi connectivity index (χ1) is 11.9. The van der Waals surface area contributed by atoms with Crippen molar-refractivity contribution in [2.24, 2.45) is 0 Å². The van der Waals surface area contributed by atoms with Crippen LogP contribution in [0.25, 0.3) is 10.2 Å². The summed E-state index contributed by atoms with van der Waals surface area (Å²) < 4.78 is 1.76. The van der Waals surface area contributed by atoms with E-state index in [9.17, 15) is 14.7 Å². The van der Waals surface area contributed by atoms with Gasteiger partial charge in [0, 0.05) is 17.8 Å². The van der Waals surface area contributed by atoms with E-state index in [-0.39, 0.29) is 5.56 Å². The van der Waals surface area contributed by atoms with Crippen molar-refractivity contribution in [1.82, 2.24) is 14.5 Å². The summed E-state index contributed by atoms with van der Waals surface area (Å²) in [5, 5.41) is 10.1. The lowest BCUT2D eigenvalue weighted by atomic mass is 9.86. The lowest BCUT2D eigenvalue weighted by Crippen LogP contribution is -2.28. The first kappa shape index (κ1) is 18.1. The van der Waals surface area contributed by atoms with Gasteiger partial charge in [-0.1, -0.05) is 6.92 Å². The summed E-state index contributed by atoms with van der Waals surface area (Å²) in [5.74, 6) is -0.616. The number of rotatable bonds is 6. The Hall–Kier alpha value is -1.73. The van der Waals surface area contributed by atoms with E-state index < -0.39 is 11.9 Å². The van der Waals surface area contributed by atoms with Crippen molar-refractivity contribution in [2.45, 2.75) is 51.5 Å². The third-order valence-electron chi connectivity index (χ3n) is 4.85. The summed E-state index contributed by atoms with van der Waals surface area (Å²) in [6.07, 6.45) is 3.86. The number of aryl methyl sites for hydroxylation is 2. The number of carboxylic acids is 1. The Morgan fingerprint density at radius 2 is 2.20 bits per heavy atom. The Balaban J connectivity index is 2.14. The summed E-state index contributed by atoms with van der Waals surface area (Å²) >= 11 is 1.51. The maximum atomic E-state index is 13.2. The van der Waals surface area contributed by atoms with Gasteiger partial charge in [0.25, 0.3) is 5.56 Å². The zero-order valence-electron chi connectivity index (χ0n) is 15.0. The van der Waals surface area contributed by atoms with Gasteiger partial charge in [-0.3, -0.25) is 14.2 Å². The van der Waals surface area contributed by atoms with E-state index in [1.54, 1.807) is 4.57 Å². The topological polar surface area (TPSA) is 75.4 Å². The normalized spacial score (nSPS) is 17.2. The molecule has 2 aromatic rings. The van der Waals surface area contributed by atoms with Crippen molar-refractivity contribution in [3.05, 3.63) is 26.6 Å². The quantitative estimate of drug-likeness (QED) is 0.853. The van der Waals surface area contributed by atoms with Crippen LogP contribution in [0.15, 0.2) is 4.79 Å². The molecule has 1 N–H and O–H groups in total. The third kappa shape index (κ3) is 3.35. The van der Waals surface area contributed by atoms with Gasteiger partial charge in [-0.2, -0.15) is 0 Å². The predicted molar refractivity (Wildman–Crippen MR) is 99.7 cm³/mol. The van der Waals surface area contributed by atoms with Crippen molar-refractivity contribution >= 4 is 27.5 Å². The fourth-order valence-corrected chi connectivity index (χ4v) is 4.93. The SMILES string of the molecule is CCc1nc2sc3c(c2c(=O)n1CCCN(C)C)C(C(=O)O)CCC3.